The summed E-state index contributed by atoms with van der Waals surface area (Å²) in [4.78, 5) is 21.6. The number of fused-ring (bicyclic) bond motifs is 1. The highest BCUT2D eigenvalue weighted by Gasteiger charge is 2.33. The maximum atomic E-state index is 13.3. The maximum Gasteiger partial charge on any atom is 0.241 e. The number of thiazole rings is 1. The van der Waals surface area contributed by atoms with Crippen LogP contribution in [0.15, 0.2) is 47.4 Å². The second kappa shape index (κ2) is 9.36. The van der Waals surface area contributed by atoms with E-state index >= 15 is 0 Å². The van der Waals surface area contributed by atoms with Crippen molar-refractivity contribution >= 4 is 43.2 Å². The molecule has 1 atom stereocenters. The summed E-state index contributed by atoms with van der Waals surface area (Å²) in [6.45, 7) is 7.65. The number of benzene rings is 2. The van der Waals surface area contributed by atoms with Crippen LogP contribution in [0.3, 0.4) is 0 Å². The quantitative estimate of drug-likeness (QED) is 0.573. The van der Waals surface area contributed by atoms with E-state index in [1.165, 1.54) is 29.5 Å². The van der Waals surface area contributed by atoms with Gasteiger partial charge in [-0.05, 0) is 55.3 Å². The van der Waals surface area contributed by atoms with Crippen LogP contribution >= 0.6 is 11.3 Å². The smallest absolute Gasteiger partial charge is 0.241 e. The van der Waals surface area contributed by atoms with E-state index in [1.807, 2.05) is 20.8 Å². The second-order valence-corrected chi connectivity index (χ2v) is 11.4. The average molecular weight is 491 g/mol. The molecule has 7 nitrogen and oxygen atoms in total. The molecule has 0 radical (unpaired) electrons. The minimum atomic E-state index is -3.89. The van der Waals surface area contributed by atoms with Gasteiger partial charge in [-0.2, -0.15) is 4.72 Å². The molecule has 1 aliphatic rings. The third kappa shape index (κ3) is 5.18. The topological polar surface area (TPSA) is 82.6 Å². The van der Waals surface area contributed by atoms with Crippen LogP contribution in [0.2, 0.25) is 0 Å². The van der Waals surface area contributed by atoms with Crippen LogP contribution in [-0.2, 0) is 14.8 Å². The van der Waals surface area contributed by atoms with E-state index in [2.05, 4.69) is 14.6 Å². The Labute approximate surface area is 197 Å². The number of carbonyl (C=O) groups excluding carboxylic acids is 1. The lowest BCUT2D eigenvalue weighted by atomic mass is 10.0. The van der Waals surface area contributed by atoms with E-state index < -0.39 is 16.1 Å². The number of piperazine rings is 1. The molecular weight excluding hydrogens is 463 g/mol. The Kier molecular flexibility index (Phi) is 6.69. The first-order valence-electron chi connectivity index (χ1n) is 10.8. The number of hydrogen-bond donors (Lipinski definition) is 1. The van der Waals surface area contributed by atoms with Gasteiger partial charge in [-0.15, -0.1) is 11.3 Å². The third-order valence-corrected chi connectivity index (χ3v) is 8.15. The molecule has 1 aromatic heterocycles. The second-order valence-electron chi connectivity index (χ2n) is 8.49. The summed E-state index contributed by atoms with van der Waals surface area (Å²) in [6.07, 6.45) is 0. The monoisotopic (exact) mass is 490 g/mol. The first kappa shape index (κ1) is 23.6. The summed E-state index contributed by atoms with van der Waals surface area (Å²) in [7, 11) is -3.89. The Morgan fingerprint density at radius 3 is 2.39 bits per heavy atom. The number of carbonyl (C=O) groups is 1. The van der Waals surface area contributed by atoms with Gasteiger partial charge < -0.3 is 9.80 Å². The van der Waals surface area contributed by atoms with Gasteiger partial charge in [-0.1, -0.05) is 13.8 Å². The minimum absolute atomic E-state index is 0.123. The molecule has 1 aliphatic heterocycles. The lowest BCUT2D eigenvalue weighted by Crippen LogP contribution is -2.56. The van der Waals surface area contributed by atoms with Gasteiger partial charge in [0.25, 0.3) is 0 Å². The molecule has 176 valence electrons. The summed E-state index contributed by atoms with van der Waals surface area (Å²) in [6, 6.07) is 10.2. The van der Waals surface area contributed by atoms with Crippen molar-refractivity contribution in [3.63, 3.8) is 0 Å². The zero-order chi connectivity index (χ0) is 23.8. The van der Waals surface area contributed by atoms with Crippen LogP contribution in [0, 0.1) is 18.7 Å². The summed E-state index contributed by atoms with van der Waals surface area (Å²) >= 11 is 1.43. The number of sulfonamides is 1. The summed E-state index contributed by atoms with van der Waals surface area (Å²) in [5.74, 6) is -0.747. The number of nitrogens with one attached hydrogen (secondary N) is 1. The van der Waals surface area contributed by atoms with Crippen molar-refractivity contribution in [3.8, 4) is 0 Å². The maximum absolute atomic E-state index is 13.3. The summed E-state index contributed by atoms with van der Waals surface area (Å²) in [5.41, 5.74) is 1.66. The van der Waals surface area contributed by atoms with E-state index in [4.69, 9.17) is 0 Å². The van der Waals surface area contributed by atoms with Crippen molar-refractivity contribution in [1.82, 2.24) is 14.6 Å². The van der Waals surface area contributed by atoms with Crippen molar-refractivity contribution in [2.24, 2.45) is 5.92 Å². The van der Waals surface area contributed by atoms with Crippen LogP contribution in [-0.4, -0.2) is 56.4 Å². The minimum Gasteiger partial charge on any atom is -0.368 e. The van der Waals surface area contributed by atoms with Crippen molar-refractivity contribution in [2.75, 3.05) is 31.1 Å². The van der Waals surface area contributed by atoms with E-state index in [-0.39, 0.29) is 22.5 Å². The summed E-state index contributed by atoms with van der Waals surface area (Å²) < 4.78 is 42.8. The molecule has 0 aliphatic carbocycles. The third-order valence-electron chi connectivity index (χ3n) is 5.78. The molecule has 33 heavy (non-hydrogen) atoms. The highest BCUT2D eigenvalue weighted by atomic mass is 32.2. The average Bonchev–Trinajstić information content (AvgIpc) is 3.17. The van der Waals surface area contributed by atoms with Gasteiger partial charge in [0.15, 0.2) is 0 Å². The van der Waals surface area contributed by atoms with Crippen molar-refractivity contribution < 1.29 is 17.6 Å². The van der Waals surface area contributed by atoms with Crippen molar-refractivity contribution in [3.05, 3.63) is 53.3 Å². The molecule has 0 spiro atoms. The number of halogens is 1. The van der Waals surface area contributed by atoms with E-state index in [9.17, 15) is 17.6 Å². The predicted molar refractivity (Wildman–Crippen MR) is 128 cm³/mol. The molecule has 2 heterocycles. The molecule has 2 aromatic carbocycles. The molecule has 1 amide bonds. The standard InChI is InChI=1S/C23H27FN4O3S2/c1-15(2)22(26-33(30,31)19-8-9-20-21(14-19)32-16(3)25-20)23(29)28-12-10-27(11-13-28)18-6-4-17(24)5-7-18/h4-9,14-15,22,26H,10-13H2,1-3H3/t22-/m1/s1. The van der Waals surface area contributed by atoms with Crippen LogP contribution in [0.1, 0.15) is 18.9 Å². The Bertz CT molecular complexity index is 1250. The van der Waals surface area contributed by atoms with Gasteiger partial charge in [0.2, 0.25) is 15.9 Å². The number of nitrogens with zero attached hydrogens (tertiary/aromatic N) is 3. The normalized spacial score (nSPS) is 15.9. The molecule has 10 heteroatoms. The van der Waals surface area contributed by atoms with Gasteiger partial charge in [0, 0.05) is 31.9 Å². The molecule has 1 N–H and O–H groups in total. The number of aryl methyl sites for hydroxylation is 1. The van der Waals surface area contributed by atoms with Crippen LogP contribution < -0.4 is 9.62 Å². The Morgan fingerprint density at radius 1 is 1.09 bits per heavy atom. The lowest BCUT2D eigenvalue weighted by molar-refractivity contribution is -0.134. The highest BCUT2D eigenvalue weighted by molar-refractivity contribution is 7.89. The number of rotatable bonds is 6. The Balaban J connectivity index is 1.46. The fraction of sp³-hybridized carbons (Fsp3) is 0.391. The van der Waals surface area contributed by atoms with Crippen molar-refractivity contribution in [1.29, 1.82) is 0 Å². The van der Waals surface area contributed by atoms with Gasteiger partial charge >= 0.3 is 0 Å². The van der Waals surface area contributed by atoms with Gasteiger partial charge in [0.05, 0.1) is 20.1 Å². The summed E-state index contributed by atoms with van der Waals surface area (Å²) in [5, 5.41) is 0.863. The Morgan fingerprint density at radius 2 is 1.76 bits per heavy atom. The van der Waals surface area contributed by atoms with Crippen molar-refractivity contribution in [2.45, 2.75) is 31.7 Å². The molecular formula is C23H27FN4O3S2. The molecule has 4 rings (SSSR count). The van der Waals surface area contributed by atoms with Crippen LogP contribution in [0.5, 0.6) is 0 Å². The van der Waals surface area contributed by atoms with Crippen LogP contribution in [0.25, 0.3) is 10.2 Å². The largest absolute Gasteiger partial charge is 0.368 e. The van der Waals surface area contributed by atoms with Gasteiger partial charge in [-0.3, -0.25) is 4.79 Å². The number of hydrogen-bond acceptors (Lipinski definition) is 6. The van der Waals surface area contributed by atoms with Gasteiger partial charge in [-0.25, -0.2) is 17.8 Å². The zero-order valence-corrected chi connectivity index (χ0v) is 20.4. The molecule has 1 saturated heterocycles. The number of aromatic nitrogens is 1. The molecule has 1 fully saturated rings. The number of anilines is 1. The van der Waals surface area contributed by atoms with E-state index in [0.29, 0.717) is 26.2 Å². The number of amides is 1. The highest BCUT2D eigenvalue weighted by Crippen LogP contribution is 2.25. The predicted octanol–water partition coefficient (Wildman–Crippen LogP) is 3.40. The first-order chi connectivity index (χ1) is 15.6. The Hall–Kier alpha value is -2.56. The zero-order valence-electron chi connectivity index (χ0n) is 18.8. The van der Waals surface area contributed by atoms with E-state index in [1.54, 1.807) is 29.2 Å². The molecule has 0 saturated carbocycles. The molecule has 0 bridgehead atoms. The first-order valence-corrected chi connectivity index (χ1v) is 13.1. The van der Waals surface area contributed by atoms with Gasteiger partial charge in [0.1, 0.15) is 11.9 Å². The fourth-order valence-electron chi connectivity index (χ4n) is 3.93. The van der Waals surface area contributed by atoms with Crippen LogP contribution in [0.4, 0.5) is 10.1 Å². The fourth-order valence-corrected chi connectivity index (χ4v) is 6.23. The SMILES string of the molecule is Cc1nc2ccc(S(=O)(=O)N[C@@H](C(=O)N3CCN(c4ccc(F)cc4)CC3)C(C)C)cc2s1. The lowest BCUT2D eigenvalue weighted by Gasteiger charge is -2.38. The molecule has 3 aromatic rings. The molecule has 0 unspecified atom stereocenters. The van der Waals surface area contributed by atoms with E-state index in [0.717, 1.165) is 20.9 Å².